The number of aromatic nitrogens is 1. The van der Waals surface area contributed by atoms with E-state index < -0.39 is 12.3 Å². The smallest absolute Gasteiger partial charge is 0.227 e. The molecule has 8 heteroatoms. The third-order valence-corrected chi connectivity index (χ3v) is 6.28. The molecule has 0 bridgehead atoms. The zero-order valence-electron chi connectivity index (χ0n) is 16.3. The predicted octanol–water partition coefficient (Wildman–Crippen LogP) is 3.75. The minimum absolute atomic E-state index is 0.0191. The molecule has 156 valence electrons. The van der Waals surface area contributed by atoms with E-state index >= 15 is 0 Å². The van der Waals surface area contributed by atoms with E-state index in [-0.39, 0.29) is 40.7 Å². The number of benzene rings is 1. The number of aliphatic hydroxyl groups excluding tert-OH is 1. The minimum atomic E-state index is -1.56. The van der Waals surface area contributed by atoms with Crippen molar-refractivity contribution in [3.63, 3.8) is 0 Å². The van der Waals surface area contributed by atoms with E-state index in [1.54, 1.807) is 17.0 Å². The summed E-state index contributed by atoms with van der Waals surface area (Å²) < 4.78 is 13.3. The van der Waals surface area contributed by atoms with Crippen LogP contribution in [0.1, 0.15) is 47.8 Å². The molecule has 1 aromatic heterocycles. The Balaban J connectivity index is 1.89. The average Bonchev–Trinajstić information content (AvgIpc) is 2.71. The van der Waals surface area contributed by atoms with Crippen molar-refractivity contribution in [2.75, 3.05) is 13.2 Å². The van der Waals surface area contributed by atoms with Crippen LogP contribution in [-0.4, -0.2) is 39.2 Å². The minimum Gasteiger partial charge on any atom is -0.390 e. The first kappa shape index (κ1) is 22.0. The molecule has 0 radical (unpaired) electrons. The molecule has 2 atom stereocenters. The summed E-state index contributed by atoms with van der Waals surface area (Å²) in [4.78, 5) is 18.7. The molecular formula is C21H23Cl2FN2O3. The molecule has 0 spiro atoms. The molecule has 2 N–H and O–H groups in total. The number of halogens is 3. The summed E-state index contributed by atoms with van der Waals surface area (Å²) >= 11 is 12.4. The van der Waals surface area contributed by atoms with Crippen LogP contribution < -0.4 is 0 Å². The second-order valence-electron chi connectivity index (χ2n) is 7.47. The summed E-state index contributed by atoms with van der Waals surface area (Å²) in [5, 5.41) is 20.2. The molecule has 2 aromatic rings. The Hall–Kier alpha value is -1.73. The normalized spacial score (nSPS) is 18.3. The largest absolute Gasteiger partial charge is 0.390 e. The van der Waals surface area contributed by atoms with Gasteiger partial charge in [-0.25, -0.2) is 4.39 Å². The van der Waals surface area contributed by atoms with Gasteiger partial charge in [-0.1, -0.05) is 41.4 Å². The number of carbonyl (C=O) groups excluding carboxylic acids is 1. The van der Waals surface area contributed by atoms with E-state index in [0.717, 1.165) is 11.1 Å². The van der Waals surface area contributed by atoms with Crippen molar-refractivity contribution < 1.29 is 19.4 Å². The maximum absolute atomic E-state index is 13.3. The lowest BCUT2D eigenvalue weighted by atomic mass is 9.83. The zero-order chi connectivity index (χ0) is 21.3. The molecular weight excluding hydrogens is 418 g/mol. The summed E-state index contributed by atoms with van der Waals surface area (Å²) in [5.74, 6) is -0.162. The van der Waals surface area contributed by atoms with E-state index in [2.05, 4.69) is 4.98 Å². The highest BCUT2D eigenvalue weighted by Crippen LogP contribution is 2.36. The fourth-order valence-corrected chi connectivity index (χ4v) is 4.40. The summed E-state index contributed by atoms with van der Waals surface area (Å²) in [6, 6.07) is 5.15. The third kappa shape index (κ3) is 4.12. The number of hydrogen-bond acceptors (Lipinski definition) is 4. The molecule has 29 heavy (non-hydrogen) atoms. The average molecular weight is 441 g/mol. The molecule has 3 rings (SSSR count). The first-order valence-electron chi connectivity index (χ1n) is 9.34. The maximum Gasteiger partial charge on any atom is 0.227 e. The number of fused-ring (bicyclic) bond motifs is 1. The van der Waals surface area contributed by atoms with Crippen molar-refractivity contribution in [1.82, 2.24) is 9.88 Å². The number of amides is 1. The second kappa shape index (κ2) is 8.56. The predicted molar refractivity (Wildman–Crippen MR) is 110 cm³/mol. The molecule has 0 saturated heterocycles. The number of carbonyl (C=O) groups is 1. The lowest BCUT2D eigenvalue weighted by Gasteiger charge is -2.38. The standard InChI is InChI=1S/C21H23Cl2FN2O3/c1-12-13-4-3-5-16(21(2,29)11-24)14(13)6-7-26(12)19(28)8-15-17(22)9-25-18(10-27)20(15)23/h3-5,9,12,27,29H,6-8,10-11H2,1-2H3/t12-,21+/m0/s1. The van der Waals surface area contributed by atoms with Crippen LogP contribution in [0.15, 0.2) is 24.4 Å². The number of nitrogens with zero attached hydrogens (tertiary/aromatic N) is 2. The highest BCUT2D eigenvalue weighted by atomic mass is 35.5. The van der Waals surface area contributed by atoms with Crippen LogP contribution in [0.4, 0.5) is 4.39 Å². The third-order valence-electron chi connectivity index (χ3n) is 5.51. The van der Waals surface area contributed by atoms with Crippen molar-refractivity contribution in [2.24, 2.45) is 0 Å². The van der Waals surface area contributed by atoms with Crippen molar-refractivity contribution >= 4 is 29.1 Å². The van der Waals surface area contributed by atoms with Gasteiger partial charge in [0.15, 0.2) is 0 Å². The highest BCUT2D eigenvalue weighted by molar-refractivity contribution is 6.36. The number of hydrogen-bond donors (Lipinski definition) is 2. The van der Waals surface area contributed by atoms with Crippen molar-refractivity contribution in [2.45, 2.75) is 44.9 Å². The first-order chi connectivity index (χ1) is 13.7. The van der Waals surface area contributed by atoms with E-state index in [0.29, 0.717) is 24.1 Å². The highest BCUT2D eigenvalue weighted by Gasteiger charge is 2.34. The molecule has 2 heterocycles. The van der Waals surface area contributed by atoms with Gasteiger partial charge in [0.1, 0.15) is 12.3 Å². The molecule has 1 amide bonds. The van der Waals surface area contributed by atoms with Gasteiger partial charge >= 0.3 is 0 Å². The van der Waals surface area contributed by atoms with Crippen LogP contribution in [0.2, 0.25) is 10.0 Å². The molecule has 0 unspecified atom stereocenters. The number of rotatable bonds is 5. The van der Waals surface area contributed by atoms with Crippen LogP contribution in [-0.2, 0) is 29.8 Å². The van der Waals surface area contributed by atoms with E-state index in [4.69, 9.17) is 23.2 Å². The molecule has 1 aliphatic heterocycles. The Morgan fingerprint density at radius 3 is 2.79 bits per heavy atom. The zero-order valence-corrected chi connectivity index (χ0v) is 17.8. The van der Waals surface area contributed by atoms with Crippen molar-refractivity contribution in [3.8, 4) is 0 Å². The maximum atomic E-state index is 13.3. The van der Waals surface area contributed by atoms with Gasteiger partial charge in [-0.3, -0.25) is 9.78 Å². The van der Waals surface area contributed by atoms with Crippen LogP contribution in [0.3, 0.4) is 0 Å². The van der Waals surface area contributed by atoms with Crippen LogP contribution >= 0.6 is 23.2 Å². The van der Waals surface area contributed by atoms with Crippen molar-refractivity contribution in [3.05, 3.63) is 62.4 Å². The van der Waals surface area contributed by atoms with Crippen LogP contribution in [0.5, 0.6) is 0 Å². The quantitative estimate of drug-likeness (QED) is 0.742. The lowest BCUT2D eigenvalue weighted by Crippen LogP contribution is -2.41. The van der Waals surface area contributed by atoms with Gasteiger partial charge in [0.25, 0.3) is 0 Å². The monoisotopic (exact) mass is 440 g/mol. The number of alkyl halides is 1. The fraction of sp³-hybridized carbons (Fsp3) is 0.429. The molecule has 1 aromatic carbocycles. The van der Waals surface area contributed by atoms with Gasteiger partial charge in [-0.2, -0.15) is 0 Å². The molecule has 5 nitrogen and oxygen atoms in total. The van der Waals surface area contributed by atoms with Gasteiger partial charge < -0.3 is 15.1 Å². The van der Waals surface area contributed by atoms with E-state index in [1.165, 1.54) is 13.1 Å². The van der Waals surface area contributed by atoms with Gasteiger partial charge in [-0.05, 0) is 37.0 Å². The topological polar surface area (TPSA) is 73.7 Å². The van der Waals surface area contributed by atoms with Gasteiger partial charge in [0.05, 0.1) is 34.8 Å². The lowest BCUT2D eigenvalue weighted by molar-refractivity contribution is -0.133. The Labute approximate surface area is 179 Å². The Morgan fingerprint density at radius 1 is 1.41 bits per heavy atom. The Bertz CT molecular complexity index is 936. The molecule has 0 fully saturated rings. The number of aliphatic hydroxyl groups is 2. The summed E-state index contributed by atoms with van der Waals surface area (Å²) in [7, 11) is 0. The summed E-state index contributed by atoms with van der Waals surface area (Å²) in [5.41, 5.74) is 1.48. The van der Waals surface area contributed by atoms with Crippen LogP contribution in [0.25, 0.3) is 0 Å². The first-order valence-corrected chi connectivity index (χ1v) is 10.1. The number of pyridine rings is 1. The SMILES string of the molecule is C[C@H]1c2cccc([C@](C)(O)CF)c2CCN1C(=O)Cc1c(Cl)cnc(CO)c1Cl. The van der Waals surface area contributed by atoms with Gasteiger partial charge in [0.2, 0.25) is 5.91 Å². The summed E-state index contributed by atoms with van der Waals surface area (Å²) in [6.45, 7) is 2.56. The Morgan fingerprint density at radius 2 is 2.14 bits per heavy atom. The fourth-order valence-electron chi connectivity index (χ4n) is 3.86. The molecule has 1 aliphatic rings. The van der Waals surface area contributed by atoms with E-state index in [1.807, 2.05) is 13.0 Å². The van der Waals surface area contributed by atoms with Crippen LogP contribution in [0, 0.1) is 0 Å². The van der Waals surface area contributed by atoms with Gasteiger partial charge in [-0.15, -0.1) is 0 Å². The summed E-state index contributed by atoms with van der Waals surface area (Å²) in [6.07, 6.45) is 1.87. The van der Waals surface area contributed by atoms with E-state index in [9.17, 15) is 19.4 Å². The second-order valence-corrected chi connectivity index (χ2v) is 8.26. The van der Waals surface area contributed by atoms with Crippen molar-refractivity contribution in [1.29, 1.82) is 0 Å². The molecule has 0 aliphatic carbocycles. The molecule has 0 saturated carbocycles. The van der Waals surface area contributed by atoms with Gasteiger partial charge in [0, 0.05) is 18.3 Å². The Kier molecular flexibility index (Phi) is 6.48.